The molecule has 0 fully saturated rings. The third-order valence-corrected chi connectivity index (χ3v) is 6.58. The van der Waals surface area contributed by atoms with Gasteiger partial charge in [-0.15, -0.1) is 10.2 Å². The monoisotopic (exact) mass is 427 g/mol. The van der Waals surface area contributed by atoms with Gasteiger partial charge < -0.3 is 5.32 Å². The number of nitrogens with zero attached hydrogens (tertiary/aromatic N) is 4. The van der Waals surface area contributed by atoms with Crippen LogP contribution in [0.3, 0.4) is 0 Å². The Labute approximate surface area is 184 Å². The van der Waals surface area contributed by atoms with E-state index >= 15 is 0 Å². The molecule has 2 aromatic heterocycles. The number of hydrogen-bond acceptors (Lipinski definition) is 5. The highest BCUT2D eigenvalue weighted by molar-refractivity contribution is 8.00. The van der Waals surface area contributed by atoms with Crippen molar-refractivity contribution in [3.63, 3.8) is 0 Å². The maximum atomic E-state index is 12.9. The predicted octanol–water partition coefficient (Wildman–Crippen LogP) is 4.43. The van der Waals surface area contributed by atoms with Crippen molar-refractivity contribution in [3.8, 4) is 11.4 Å². The van der Waals surface area contributed by atoms with E-state index in [4.69, 9.17) is 0 Å². The summed E-state index contributed by atoms with van der Waals surface area (Å²) < 4.78 is 2.08. The lowest BCUT2D eigenvalue weighted by Crippen LogP contribution is -2.24. The van der Waals surface area contributed by atoms with Crippen LogP contribution in [0, 0.1) is 0 Å². The first-order valence-electron chi connectivity index (χ1n) is 10.2. The van der Waals surface area contributed by atoms with Crippen molar-refractivity contribution >= 4 is 23.4 Å². The van der Waals surface area contributed by atoms with Gasteiger partial charge in [-0.05, 0) is 42.2 Å². The minimum atomic E-state index is -0.239. The van der Waals surface area contributed by atoms with Crippen molar-refractivity contribution in [3.05, 3.63) is 90.3 Å². The molecule has 7 heteroatoms. The molecule has 31 heavy (non-hydrogen) atoms. The van der Waals surface area contributed by atoms with Crippen molar-refractivity contribution < 1.29 is 4.79 Å². The van der Waals surface area contributed by atoms with Crippen LogP contribution in [0.4, 0.5) is 5.69 Å². The first-order chi connectivity index (χ1) is 15.3. The first kappa shape index (κ1) is 19.5. The standard InChI is InChI=1S/C24H21N5OS/c30-23-21(11-10-18-8-4-5-9-20(18)26-23)31-24-28-27-22(19-12-14-25-15-13-19)29(24)16-17-6-2-1-3-7-17/h1-9,12-15,21H,10-11,16H2,(H,26,30)/t21-/m0/s1. The zero-order valence-electron chi connectivity index (χ0n) is 16.8. The largest absolute Gasteiger partial charge is 0.325 e. The second-order valence-electron chi connectivity index (χ2n) is 7.41. The Morgan fingerprint density at radius 2 is 1.74 bits per heavy atom. The fraction of sp³-hybridized carbons (Fsp3) is 0.167. The molecule has 1 atom stereocenters. The number of thioether (sulfide) groups is 1. The van der Waals surface area contributed by atoms with E-state index in [2.05, 4.69) is 43.3 Å². The summed E-state index contributed by atoms with van der Waals surface area (Å²) in [5.74, 6) is 0.778. The number of fused-ring (bicyclic) bond motifs is 1. The van der Waals surface area contributed by atoms with Crippen molar-refractivity contribution in [1.29, 1.82) is 0 Å². The lowest BCUT2D eigenvalue weighted by atomic mass is 10.1. The fourth-order valence-corrected chi connectivity index (χ4v) is 4.75. The van der Waals surface area contributed by atoms with E-state index in [0.29, 0.717) is 6.54 Å². The molecule has 5 rings (SSSR count). The Balaban J connectivity index is 1.46. The van der Waals surface area contributed by atoms with Crippen LogP contribution < -0.4 is 5.32 Å². The van der Waals surface area contributed by atoms with Crippen molar-refractivity contribution in [1.82, 2.24) is 19.7 Å². The number of hydrogen-bond donors (Lipinski definition) is 1. The number of para-hydroxylation sites is 1. The summed E-state index contributed by atoms with van der Waals surface area (Å²) in [7, 11) is 0. The van der Waals surface area contributed by atoms with Gasteiger partial charge in [0.15, 0.2) is 11.0 Å². The van der Waals surface area contributed by atoms with Crippen LogP contribution in [0.1, 0.15) is 17.5 Å². The highest BCUT2D eigenvalue weighted by Gasteiger charge is 2.27. The molecule has 0 unspecified atom stereocenters. The molecular weight excluding hydrogens is 406 g/mol. The molecule has 0 spiro atoms. The van der Waals surface area contributed by atoms with Gasteiger partial charge in [-0.25, -0.2) is 0 Å². The van der Waals surface area contributed by atoms with Gasteiger partial charge in [0.05, 0.1) is 11.8 Å². The number of nitrogens with one attached hydrogen (secondary N) is 1. The Morgan fingerprint density at radius 3 is 2.58 bits per heavy atom. The highest BCUT2D eigenvalue weighted by Crippen LogP contribution is 2.33. The normalized spacial score (nSPS) is 15.7. The fourth-order valence-electron chi connectivity index (χ4n) is 3.73. The highest BCUT2D eigenvalue weighted by atomic mass is 32.2. The SMILES string of the molecule is O=C1Nc2ccccc2CC[C@@H]1Sc1nnc(-c2ccncc2)n1Cc1ccccc1. The van der Waals surface area contributed by atoms with E-state index in [1.54, 1.807) is 12.4 Å². The molecule has 1 N–H and O–H groups in total. The zero-order chi connectivity index (χ0) is 21.0. The number of anilines is 1. The van der Waals surface area contributed by atoms with Gasteiger partial charge in [0.1, 0.15) is 0 Å². The molecule has 1 amide bonds. The first-order valence-corrected chi connectivity index (χ1v) is 11.1. The van der Waals surface area contributed by atoms with E-state index in [0.717, 1.165) is 40.6 Å². The Kier molecular flexibility index (Phi) is 5.50. The zero-order valence-corrected chi connectivity index (χ0v) is 17.6. The maximum absolute atomic E-state index is 12.9. The summed E-state index contributed by atoms with van der Waals surface area (Å²) in [6.07, 6.45) is 5.09. The molecular formula is C24H21N5OS. The molecule has 0 bridgehead atoms. The topological polar surface area (TPSA) is 72.7 Å². The lowest BCUT2D eigenvalue weighted by Gasteiger charge is -2.15. The summed E-state index contributed by atoms with van der Waals surface area (Å²) in [6.45, 7) is 0.627. The van der Waals surface area contributed by atoms with Gasteiger partial charge in [-0.3, -0.25) is 14.3 Å². The quantitative estimate of drug-likeness (QED) is 0.510. The van der Waals surface area contributed by atoms with Gasteiger partial charge >= 0.3 is 0 Å². The van der Waals surface area contributed by atoms with Crippen molar-refractivity contribution in [2.75, 3.05) is 5.32 Å². The summed E-state index contributed by atoms with van der Waals surface area (Å²) in [5, 5.41) is 12.5. The Hall–Kier alpha value is -3.45. The average Bonchev–Trinajstić information content (AvgIpc) is 3.12. The maximum Gasteiger partial charge on any atom is 0.237 e. The van der Waals surface area contributed by atoms with Gasteiger partial charge in [-0.1, -0.05) is 60.3 Å². The number of carbonyl (C=O) groups is 1. The third-order valence-electron chi connectivity index (χ3n) is 5.33. The van der Waals surface area contributed by atoms with Gasteiger partial charge in [0.2, 0.25) is 5.91 Å². The molecule has 1 aliphatic heterocycles. The molecule has 4 aromatic rings. The van der Waals surface area contributed by atoms with E-state index in [9.17, 15) is 4.79 Å². The molecule has 0 saturated heterocycles. The van der Waals surface area contributed by atoms with E-state index in [-0.39, 0.29) is 11.2 Å². The molecule has 0 aliphatic carbocycles. The lowest BCUT2D eigenvalue weighted by molar-refractivity contribution is -0.115. The van der Waals surface area contributed by atoms with E-state index < -0.39 is 0 Å². The van der Waals surface area contributed by atoms with Gasteiger partial charge in [0.25, 0.3) is 0 Å². The van der Waals surface area contributed by atoms with Crippen LogP contribution in [0.15, 0.2) is 84.3 Å². The summed E-state index contributed by atoms with van der Waals surface area (Å²) in [5.41, 5.74) is 4.17. The number of aromatic nitrogens is 4. The second kappa shape index (κ2) is 8.73. The number of amides is 1. The number of carbonyl (C=O) groups excluding carboxylic acids is 1. The molecule has 6 nitrogen and oxygen atoms in total. The van der Waals surface area contributed by atoms with Crippen molar-refractivity contribution in [2.45, 2.75) is 29.8 Å². The summed E-state index contributed by atoms with van der Waals surface area (Å²) >= 11 is 1.48. The average molecular weight is 428 g/mol. The van der Waals surface area contributed by atoms with Gasteiger partial charge in [-0.2, -0.15) is 0 Å². The van der Waals surface area contributed by atoms with E-state index in [1.165, 1.54) is 17.3 Å². The Morgan fingerprint density at radius 1 is 0.968 bits per heavy atom. The number of benzene rings is 2. The number of rotatable bonds is 5. The minimum absolute atomic E-state index is 0.00896. The van der Waals surface area contributed by atoms with Crippen LogP contribution >= 0.6 is 11.8 Å². The van der Waals surface area contributed by atoms with Crippen molar-refractivity contribution in [2.24, 2.45) is 0 Å². The van der Waals surface area contributed by atoms with Crippen LogP contribution in [0.2, 0.25) is 0 Å². The van der Waals surface area contributed by atoms with Crippen LogP contribution in [0.5, 0.6) is 0 Å². The molecule has 154 valence electrons. The summed E-state index contributed by atoms with van der Waals surface area (Å²) in [6, 6.07) is 22.1. The molecule has 3 heterocycles. The van der Waals surface area contributed by atoms with Crippen LogP contribution in [-0.2, 0) is 17.8 Å². The van der Waals surface area contributed by atoms with E-state index in [1.807, 2.05) is 48.5 Å². The third kappa shape index (κ3) is 4.22. The second-order valence-corrected chi connectivity index (χ2v) is 8.58. The Bertz CT molecular complexity index is 1190. The molecule has 1 aliphatic rings. The molecule has 0 saturated carbocycles. The predicted molar refractivity (Wildman–Crippen MR) is 122 cm³/mol. The molecule has 0 radical (unpaired) electrons. The van der Waals surface area contributed by atoms with Crippen LogP contribution in [0.25, 0.3) is 11.4 Å². The van der Waals surface area contributed by atoms with Gasteiger partial charge in [0, 0.05) is 23.6 Å². The minimum Gasteiger partial charge on any atom is -0.325 e. The summed E-state index contributed by atoms with van der Waals surface area (Å²) in [4.78, 5) is 17.0. The van der Waals surface area contributed by atoms with Crippen LogP contribution in [-0.4, -0.2) is 30.9 Å². The molecule has 2 aromatic carbocycles. The smallest absolute Gasteiger partial charge is 0.237 e. The number of aryl methyl sites for hydroxylation is 1. The number of pyridine rings is 1.